The quantitative estimate of drug-likeness (QED) is 0.362. The summed E-state index contributed by atoms with van der Waals surface area (Å²) >= 11 is 1.83. The number of nitrogens with zero attached hydrogens (tertiary/aromatic N) is 1. The van der Waals surface area contributed by atoms with E-state index in [0.717, 1.165) is 44.9 Å². The van der Waals surface area contributed by atoms with Crippen LogP contribution < -0.4 is 16.0 Å². The predicted molar refractivity (Wildman–Crippen MR) is 91.9 cm³/mol. The number of nitrogens with one attached hydrogen (secondary N) is 3. The van der Waals surface area contributed by atoms with Crippen molar-refractivity contribution in [2.75, 3.05) is 32.9 Å². The molecule has 0 atom stereocenters. The van der Waals surface area contributed by atoms with Crippen LogP contribution in [-0.2, 0) is 4.79 Å². The first-order chi connectivity index (χ1) is 9.98. The van der Waals surface area contributed by atoms with Crippen LogP contribution in [0.4, 0.5) is 0 Å². The summed E-state index contributed by atoms with van der Waals surface area (Å²) in [5.41, 5.74) is 0. The van der Waals surface area contributed by atoms with Crippen LogP contribution in [0.15, 0.2) is 4.99 Å². The van der Waals surface area contributed by atoms with Crippen LogP contribution in [-0.4, -0.2) is 49.6 Å². The number of amides is 1. The highest BCUT2D eigenvalue weighted by Crippen LogP contribution is 2.26. The summed E-state index contributed by atoms with van der Waals surface area (Å²) in [6.07, 6.45) is 6.35. The van der Waals surface area contributed by atoms with E-state index < -0.39 is 0 Å². The number of thioether (sulfide) groups is 1. The molecule has 1 amide bonds. The first-order valence-electron chi connectivity index (χ1n) is 7.76. The lowest BCUT2D eigenvalue weighted by molar-refractivity contribution is -0.127. The minimum absolute atomic E-state index is 0.189. The topological polar surface area (TPSA) is 65.5 Å². The van der Waals surface area contributed by atoms with Gasteiger partial charge in [0.15, 0.2) is 5.96 Å². The molecule has 1 aliphatic carbocycles. The molecule has 0 aromatic carbocycles. The zero-order valence-corrected chi connectivity index (χ0v) is 14.6. The van der Waals surface area contributed by atoms with E-state index in [4.69, 9.17) is 0 Å². The largest absolute Gasteiger partial charge is 0.356 e. The number of guanidine groups is 1. The number of aliphatic imine (C=N–C) groups is 1. The second-order valence-corrected chi connectivity index (χ2v) is 7.60. The molecule has 1 aliphatic rings. The Hall–Kier alpha value is -0.910. The van der Waals surface area contributed by atoms with Gasteiger partial charge in [0.25, 0.3) is 0 Å². The molecule has 3 N–H and O–H groups in total. The summed E-state index contributed by atoms with van der Waals surface area (Å²) in [6, 6.07) is 0. The molecule has 0 aromatic heterocycles. The molecule has 122 valence electrons. The lowest BCUT2D eigenvalue weighted by Crippen LogP contribution is -2.44. The molecule has 5 nitrogen and oxygen atoms in total. The Morgan fingerprint density at radius 2 is 1.90 bits per heavy atom. The number of rotatable bonds is 8. The molecule has 0 bridgehead atoms. The Balaban J connectivity index is 2.08. The van der Waals surface area contributed by atoms with E-state index in [2.05, 4.69) is 41.0 Å². The van der Waals surface area contributed by atoms with Crippen molar-refractivity contribution < 1.29 is 4.79 Å². The highest BCUT2D eigenvalue weighted by molar-refractivity contribution is 7.99. The molecule has 0 unspecified atom stereocenters. The van der Waals surface area contributed by atoms with Crippen LogP contribution in [0.1, 0.15) is 39.5 Å². The van der Waals surface area contributed by atoms with Crippen molar-refractivity contribution in [1.29, 1.82) is 0 Å². The second-order valence-electron chi connectivity index (χ2n) is 6.09. The smallest absolute Gasteiger partial charge is 0.223 e. The Morgan fingerprint density at radius 3 is 2.43 bits per heavy atom. The van der Waals surface area contributed by atoms with E-state index in [1.54, 1.807) is 7.05 Å². The summed E-state index contributed by atoms with van der Waals surface area (Å²) < 4.78 is 0.189. The van der Waals surface area contributed by atoms with Gasteiger partial charge in [-0.05, 0) is 39.4 Å². The first-order valence-corrected chi connectivity index (χ1v) is 8.98. The van der Waals surface area contributed by atoms with Gasteiger partial charge in [-0.25, -0.2) is 0 Å². The third kappa shape index (κ3) is 7.07. The zero-order valence-electron chi connectivity index (χ0n) is 13.8. The Kier molecular flexibility index (Phi) is 7.93. The second kappa shape index (κ2) is 9.18. The third-order valence-corrected chi connectivity index (χ3v) is 5.13. The Morgan fingerprint density at radius 1 is 1.24 bits per heavy atom. The lowest BCUT2D eigenvalue weighted by atomic mass is 9.85. The van der Waals surface area contributed by atoms with Gasteiger partial charge in [-0.2, -0.15) is 11.8 Å². The van der Waals surface area contributed by atoms with Crippen LogP contribution >= 0.6 is 11.8 Å². The van der Waals surface area contributed by atoms with E-state index >= 15 is 0 Å². The molecular weight excluding hydrogens is 284 g/mol. The van der Waals surface area contributed by atoms with E-state index in [-0.39, 0.29) is 16.6 Å². The molecule has 1 rings (SSSR count). The van der Waals surface area contributed by atoms with Crippen LogP contribution in [0, 0.1) is 5.92 Å². The number of hydrogen-bond acceptors (Lipinski definition) is 3. The Bertz CT molecular complexity index is 354. The van der Waals surface area contributed by atoms with Gasteiger partial charge in [0, 0.05) is 37.3 Å². The average molecular weight is 314 g/mol. The summed E-state index contributed by atoms with van der Waals surface area (Å²) in [5, 5.41) is 9.60. The van der Waals surface area contributed by atoms with E-state index in [1.165, 1.54) is 6.42 Å². The van der Waals surface area contributed by atoms with Gasteiger partial charge < -0.3 is 16.0 Å². The fourth-order valence-electron chi connectivity index (χ4n) is 1.91. The standard InChI is InChI=1S/C15H30N4OS/c1-15(2,21-4)11-19-14(16-3)18-10-6-9-17-13(20)12-7-5-8-12/h12H,5-11H2,1-4H3,(H,17,20)(H2,16,18,19). The normalized spacial score (nSPS) is 16.3. The van der Waals surface area contributed by atoms with Crippen molar-refractivity contribution in [2.45, 2.75) is 44.3 Å². The van der Waals surface area contributed by atoms with Crippen LogP contribution in [0.25, 0.3) is 0 Å². The van der Waals surface area contributed by atoms with E-state index in [0.29, 0.717) is 0 Å². The van der Waals surface area contributed by atoms with E-state index in [9.17, 15) is 4.79 Å². The fourth-order valence-corrected chi connectivity index (χ4v) is 2.13. The van der Waals surface area contributed by atoms with Crippen LogP contribution in [0.3, 0.4) is 0 Å². The van der Waals surface area contributed by atoms with Gasteiger partial charge >= 0.3 is 0 Å². The highest BCUT2D eigenvalue weighted by Gasteiger charge is 2.24. The van der Waals surface area contributed by atoms with Crippen LogP contribution in [0.5, 0.6) is 0 Å². The maximum Gasteiger partial charge on any atom is 0.223 e. The average Bonchev–Trinajstić information content (AvgIpc) is 2.40. The third-order valence-electron chi connectivity index (χ3n) is 3.88. The first kappa shape index (κ1) is 18.1. The number of carbonyl (C=O) groups is 1. The molecule has 1 fully saturated rings. The van der Waals surface area contributed by atoms with Gasteiger partial charge in [0.1, 0.15) is 0 Å². The molecule has 0 heterocycles. The number of carbonyl (C=O) groups excluding carboxylic acids is 1. The van der Waals surface area contributed by atoms with Gasteiger partial charge in [-0.3, -0.25) is 9.79 Å². The molecule has 0 spiro atoms. The van der Waals surface area contributed by atoms with Crippen LogP contribution in [0.2, 0.25) is 0 Å². The van der Waals surface area contributed by atoms with Crippen molar-refractivity contribution in [3.8, 4) is 0 Å². The molecule has 0 saturated heterocycles. The number of hydrogen-bond donors (Lipinski definition) is 3. The maximum atomic E-state index is 11.7. The SMILES string of the molecule is CN=C(NCCCNC(=O)C1CCC1)NCC(C)(C)SC. The highest BCUT2D eigenvalue weighted by atomic mass is 32.2. The summed E-state index contributed by atoms with van der Waals surface area (Å²) in [7, 11) is 1.78. The summed E-state index contributed by atoms with van der Waals surface area (Å²) in [6.45, 7) is 6.81. The summed E-state index contributed by atoms with van der Waals surface area (Å²) in [4.78, 5) is 15.9. The molecule has 0 radical (unpaired) electrons. The van der Waals surface area contributed by atoms with Gasteiger partial charge in [0.05, 0.1) is 0 Å². The van der Waals surface area contributed by atoms with Crippen molar-refractivity contribution >= 4 is 23.6 Å². The maximum absolute atomic E-state index is 11.7. The van der Waals surface area contributed by atoms with Crippen molar-refractivity contribution in [3.63, 3.8) is 0 Å². The predicted octanol–water partition coefficient (Wildman–Crippen LogP) is 1.60. The fraction of sp³-hybridized carbons (Fsp3) is 0.867. The minimum atomic E-state index is 0.189. The minimum Gasteiger partial charge on any atom is -0.356 e. The van der Waals surface area contributed by atoms with Crippen molar-refractivity contribution in [3.05, 3.63) is 0 Å². The van der Waals surface area contributed by atoms with Crippen molar-refractivity contribution in [2.24, 2.45) is 10.9 Å². The molecule has 0 aromatic rings. The van der Waals surface area contributed by atoms with Gasteiger partial charge in [-0.1, -0.05) is 6.42 Å². The molecule has 21 heavy (non-hydrogen) atoms. The monoisotopic (exact) mass is 314 g/mol. The molecule has 0 aliphatic heterocycles. The van der Waals surface area contributed by atoms with Gasteiger partial charge in [-0.15, -0.1) is 0 Å². The molecule has 6 heteroatoms. The summed E-state index contributed by atoms with van der Waals surface area (Å²) in [5.74, 6) is 1.33. The van der Waals surface area contributed by atoms with Crippen molar-refractivity contribution in [1.82, 2.24) is 16.0 Å². The Labute approximate surface area is 133 Å². The van der Waals surface area contributed by atoms with E-state index in [1.807, 2.05) is 11.8 Å². The lowest BCUT2D eigenvalue weighted by Gasteiger charge is -2.24. The molecular formula is C15H30N4OS. The molecule has 1 saturated carbocycles. The zero-order chi connectivity index (χ0) is 15.7. The van der Waals surface area contributed by atoms with Gasteiger partial charge in [0.2, 0.25) is 5.91 Å².